The number of halogens is 1. The summed E-state index contributed by atoms with van der Waals surface area (Å²) < 4.78 is 1.51. The Labute approximate surface area is 156 Å². The van der Waals surface area contributed by atoms with Crippen LogP contribution in [0.25, 0.3) is 5.69 Å². The highest BCUT2D eigenvalue weighted by Gasteiger charge is 2.39. The van der Waals surface area contributed by atoms with Gasteiger partial charge in [0.15, 0.2) is 5.69 Å². The molecule has 2 aromatic rings. The predicted molar refractivity (Wildman–Crippen MR) is 97.9 cm³/mol. The normalized spacial score (nSPS) is 21.8. The van der Waals surface area contributed by atoms with E-state index in [1.165, 1.54) is 16.8 Å². The zero-order chi connectivity index (χ0) is 17.4. The van der Waals surface area contributed by atoms with Gasteiger partial charge in [-0.2, -0.15) is 5.10 Å². The summed E-state index contributed by atoms with van der Waals surface area (Å²) in [5.74, 6) is -0.0552. The summed E-state index contributed by atoms with van der Waals surface area (Å²) in [5.41, 5.74) is 0.941. The summed E-state index contributed by atoms with van der Waals surface area (Å²) >= 11 is 0. The number of carbonyl (C=O) groups is 1. The highest BCUT2D eigenvalue weighted by Crippen LogP contribution is 2.29. The van der Waals surface area contributed by atoms with Crippen LogP contribution in [-0.2, 0) is 0 Å². The average Bonchev–Trinajstić information content (AvgIpc) is 3.18. The van der Waals surface area contributed by atoms with Crippen LogP contribution in [0.5, 0.6) is 0 Å². The molecule has 0 saturated carbocycles. The highest BCUT2D eigenvalue weighted by atomic mass is 35.5. The number of nitrogens with one attached hydrogen (secondary N) is 1. The predicted octanol–water partition coefficient (Wildman–Crippen LogP) is 2.17. The van der Waals surface area contributed by atoms with Gasteiger partial charge in [0.05, 0.1) is 10.6 Å². The average molecular weight is 378 g/mol. The number of rotatable bonds is 3. The highest BCUT2D eigenvalue weighted by molar-refractivity contribution is 5.93. The maximum atomic E-state index is 12.9. The Hall–Kier alpha value is -2.45. The van der Waals surface area contributed by atoms with Crippen LogP contribution < -0.4 is 5.32 Å². The number of nitro groups is 1. The largest absolute Gasteiger partial charge is 0.330 e. The summed E-state index contributed by atoms with van der Waals surface area (Å²) in [6.45, 7) is 1.76. The molecule has 2 atom stereocenters. The summed E-state index contributed by atoms with van der Waals surface area (Å²) in [7, 11) is 0. The van der Waals surface area contributed by atoms with Crippen molar-refractivity contribution in [1.82, 2.24) is 20.0 Å². The van der Waals surface area contributed by atoms with Crippen molar-refractivity contribution in [3.63, 3.8) is 0 Å². The molecule has 2 aliphatic heterocycles. The Bertz CT molecular complexity index is 810. The van der Waals surface area contributed by atoms with Gasteiger partial charge in [0.2, 0.25) is 0 Å². The molecule has 2 saturated heterocycles. The Morgan fingerprint density at radius 2 is 2.04 bits per heavy atom. The zero-order valence-electron chi connectivity index (χ0n) is 14.1. The van der Waals surface area contributed by atoms with Crippen LogP contribution >= 0.6 is 12.4 Å². The third kappa shape index (κ3) is 3.30. The van der Waals surface area contributed by atoms with Crippen molar-refractivity contribution in [3.05, 3.63) is 52.3 Å². The van der Waals surface area contributed by atoms with Crippen LogP contribution in [0.15, 0.2) is 36.5 Å². The summed E-state index contributed by atoms with van der Waals surface area (Å²) in [6, 6.07) is 8.39. The van der Waals surface area contributed by atoms with E-state index in [-0.39, 0.29) is 36.1 Å². The molecule has 1 amide bonds. The molecular weight excluding hydrogens is 358 g/mol. The van der Waals surface area contributed by atoms with Gasteiger partial charge in [0, 0.05) is 37.0 Å². The number of nitro benzene ring substituents is 1. The molecule has 0 aliphatic carbocycles. The number of amides is 1. The Balaban J connectivity index is 0.00000196. The minimum atomic E-state index is -0.443. The van der Waals surface area contributed by atoms with E-state index in [1.807, 2.05) is 4.90 Å². The zero-order valence-corrected chi connectivity index (χ0v) is 14.9. The van der Waals surface area contributed by atoms with Crippen LogP contribution in [-0.4, -0.2) is 50.7 Å². The van der Waals surface area contributed by atoms with E-state index < -0.39 is 4.92 Å². The van der Waals surface area contributed by atoms with Gasteiger partial charge in [-0.3, -0.25) is 14.9 Å². The maximum Gasteiger partial charge on any atom is 0.274 e. The first-order valence-corrected chi connectivity index (χ1v) is 8.47. The van der Waals surface area contributed by atoms with Crippen LogP contribution in [0.3, 0.4) is 0 Å². The maximum absolute atomic E-state index is 12.9. The topological polar surface area (TPSA) is 93.3 Å². The molecule has 2 unspecified atom stereocenters. The molecule has 2 bridgehead atoms. The molecule has 138 valence electrons. The Kier molecular flexibility index (Phi) is 5.24. The standard InChI is InChI=1S/C17H19N5O3.ClH/c23-17(21-12-4-5-15(21)11-18-8-6-12)16-7-9-20(19-16)13-2-1-3-14(10-13)22(24)25;/h1-3,7,9-10,12,15,18H,4-6,8,11H2;1H. The third-order valence-corrected chi connectivity index (χ3v) is 5.00. The molecule has 0 spiro atoms. The SMILES string of the molecule is Cl.O=C(c1ccn(-c2cccc([N+](=O)[O-])c2)n1)N1C2CCNCC1CC2. The summed E-state index contributed by atoms with van der Waals surface area (Å²) in [5, 5.41) is 18.7. The van der Waals surface area contributed by atoms with Gasteiger partial charge in [0.25, 0.3) is 11.6 Å². The summed E-state index contributed by atoms with van der Waals surface area (Å²) in [4.78, 5) is 25.4. The number of carbonyl (C=O) groups excluding carboxylic acids is 1. The molecule has 1 aromatic carbocycles. The minimum absolute atomic E-state index is 0. The van der Waals surface area contributed by atoms with Crippen LogP contribution in [0.4, 0.5) is 5.69 Å². The molecule has 1 N–H and O–H groups in total. The van der Waals surface area contributed by atoms with Crippen molar-refractivity contribution in [2.75, 3.05) is 13.1 Å². The van der Waals surface area contributed by atoms with Gasteiger partial charge in [-0.25, -0.2) is 4.68 Å². The lowest BCUT2D eigenvalue weighted by Crippen LogP contribution is -2.42. The van der Waals surface area contributed by atoms with E-state index in [1.54, 1.807) is 24.4 Å². The minimum Gasteiger partial charge on any atom is -0.330 e. The van der Waals surface area contributed by atoms with E-state index in [0.29, 0.717) is 11.4 Å². The van der Waals surface area contributed by atoms with E-state index in [9.17, 15) is 14.9 Å². The number of hydrogen-bond acceptors (Lipinski definition) is 5. The van der Waals surface area contributed by atoms with Gasteiger partial charge in [-0.1, -0.05) is 6.07 Å². The fraction of sp³-hybridized carbons (Fsp3) is 0.412. The second-order valence-corrected chi connectivity index (χ2v) is 6.51. The van der Waals surface area contributed by atoms with E-state index >= 15 is 0 Å². The molecule has 4 rings (SSSR count). The van der Waals surface area contributed by atoms with Crippen molar-refractivity contribution in [1.29, 1.82) is 0 Å². The molecule has 1 aromatic heterocycles. The van der Waals surface area contributed by atoms with E-state index in [4.69, 9.17) is 0 Å². The van der Waals surface area contributed by atoms with Gasteiger partial charge in [-0.15, -0.1) is 12.4 Å². The van der Waals surface area contributed by atoms with Gasteiger partial charge >= 0.3 is 0 Å². The lowest BCUT2D eigenvalue weighted by Gasteiger charge is -2.27. The first-order chi connectivity index (χ1) is 12.1. The van der Waals surface area contributed by atoms with Crippen LogP contribution in [0.2, 0.25) is 0 Å². The van der Waals surface area contributed by atoms with E-state index in [2.05, 4.69) is 10.4 Å². The lowest BCUT2D eigenvalue weighted by atomic mass is 10.1. The Morgan fingerprint density at radius 1 is 1.23 bits per heavy atom. The van der Waals surface area contributed by atoms with Gasteiger partial charge < -0.3 is 10.2 Å². The molecular formula is C17H20ClN5O3. The molecule has 3 heterocycles. The van der Waals surface area contributed by atoms with Crippen LogP contribution in [0.1, 0.15) is 29.8 Å². The second-order valence-electron chi connectivity index (χ2n) is 6.51. The van der Waals surface area contributed by atoms with E-state index in [0.717, 1.165) is 32.4 Å². The smallest absolute Gasteiger partial charge is 0.274 e. The second kappa shape index (κ2) is 7.43. The van der Waals surface area contributed by atoms with Crippen LogP contribution in [0, 0.1) is 10.1 Å². The van der Waals surface area contributed by atoms with Crippen molar-refractivity contribution in [3.8, 4) is 5.69 Å². The van der Waals surface area contributed by atoms with Crippen molar-refractivity contribution < 1.29 is 9.72 Å². The molecule has 2 fully saturated rings. The molecule has 8 nitrogen and oxygen atoms in total. The van der Waals surface area contributed by atoms with Gasteiger partial charge in [0.1, 0.15) is 0 Å². The lowest BCUT2D eigenvalue weighted by molar-refractivity contribution is -0.384. The number of benzene rings is 1. The van der Waals surface area contributed by atoms with Crippen molar-refractivity contribution >= 4 is 24.0 Å². The summed E-state index contributed by atoms with van der Waals surface area (Å²) in [6.07, 6.45) is 4.71. The number of hydrogen-bond donors (Lipinski definition) is 1. The Morgan fingerprint density at radius 3 is 2.85 bits per heavy atom. The quantitative estimate of drug-likeness (QED) is 0.653. The fourth-order valence-corrected chi connectivity index (χ4v) is 3.78. The molecule has 0 radical (unpaired) electrons. The van der Waals surface area contributed by atoms with Crippen molar-refractivity contribution in [2.45, 2.75) is 31.3 Å². The number of non-ortho nitro benzene ring substituents is 1. The third-order valence-electron chi connectivity index (χ3n) is 5.00. The first kappa shape index (κ1) is 18.3. The first-order valence-electron chi connectivity index (χ1n) is 8.47. The van der Waals surface area contributed by atoms with Crippen molar-refractivity contribution in [2.24, 2.45) is 0 Å². The molecule has 9 heteroatoms. The number of nitrogens with zero attached hydrogens (tertiary/aromatic N) is 4. The van der Waals surface area contributed by atoms with Gasteiger partial charge in [-0.05, 0) is 37.9 Å². The number of fused-ring (bicyclic) bond motifs is 2. The number of aromatic nitrogens is 2. The molecule has 26 heavy (non-hydrogen) atoms. The fourth-order valence-electron chi connectivity index (χ4n) is 3.78. The monoisotopic (exact) mass is 377 g/mol. The molecule has 2 aliphatic rings.